The Morgan fingerprint density at radius 1 is 1.16 bits per heavy atom. The van der Waals surface area contributed by atoms with E-state index >= 15 is 0 Å². The molecular weight excluding hydrogens is 684 g/mol. The maximum absolute atomic E-state index is 14.0. The van der Waals surface area contributed by atoms with Gasteiger partial charge in [0.2, 0.25) is 0 Å². The van der Waals surface area contributed by atoms with Gasteiger partial charge in [-0.05, 0) is 62.4 Å². The van der Waals surface area contributed by atoms with Crippen molar-refractivity contribution in [2.45, 2.75) is 75.3 Å². The molecule has 4 aliphatic heterocycles. The molecule has 264 valence electrons. The molecule has 4 aliphatic rings. The van der Waals surface area contributed by atoms with Crippen LogP contribution in [-0.4, -0.2) is 70.4 Å². The summed E-state index contributed by atoms with van der Waals surface area (Å²) in [6, 6.07) is 3.29. The number of ether oxygens (including phenoxy) is 1. The lowest BCUT2D eigenvalue weighted by Crippen LogP contribution is -2.28. The number of amides is 1. The number of nitrogens with zero attached hydrogens (tertiary/aromatic N) is 6. The van der Waals surface area contributed by atoms with Crippen molar-refractivity contribution >= 4 is 40.8 Å². The number of aryl methyl sites for hydroxylation is 1. The maximum Gasteiger partial charge on any atom is 0.418 e. The Hall–Kier alpha value is -3.56. The van der Waals surface area contributed by atoms with Crippen LogP contribution in [0, 0.1) is 6.92 Å². The van der Waals surface area contributed by atoms with E-state index in [1.165, 1.54) is 44.3 Å². The standard InChI is InChI=1S/C25H27ClF3N7O2S.C8H12FN/c1-12-18-10-35(5-4-6-36(18)34-21(12)23(37)31-2)22-15-11-39-19(9-17(15)32-24(33-22)38-3)14-7-13(30)8-16(26)20(14)25(27,28)29;9-5-7-4-8-2-1-3-10(8)6-7/h7-8,19H,4-6,9-11,30H2,1-3H3,(H,31,37);5,8H,1-4,6H2/b;7-5-. The largest absolute Gasteiger partial charge is 0.467 e. The molecule has 1 amide bonds. The predicted octanol–water partition coefficient (Wildman–Crippen LogP) is 6.25. The van der Waals surface area contributed by atoms with E-state index < -0.39 is 22.0 Å². The second kappa shape index (κ2) is 14.4. The van der Waals surface area contributed by atoms with Crippen molar-refractivity contribution in [2.24, 2.45) is 0 Å². The highest BCUT2D eigenvalue weighted by atomic mass is 35.5. The first-order chi connectivity index (χ1) is 23.4. The topological polar surface area (TPSA) is 114 Å². The molecule has 1 aromatic carbocycles. The summed E-state index contributed by atoms with van der Waals surface area (Å²) in [5.41, 5.74) is 9.77. The molecule has 2 saturated heterocycles. The number of halogens is 5. The molecule has 0 spiro atoms. The third-order valence-electron chi connectivity index (χ3n) is 9.57. The molecule has 2 fully saturated rings. The maximum atomic E-state index is 14.0. The lowest BCUT2D eigenvalue weighted by molar-refractivity contribution is -0.138. The Bertz CT molecular complexity index is 1750. The van der Waals surface area contributed by atoms with Crippen LogP contribution < -0.4 is 20.7 Å². The lowest BCUT2D eigenvalue weighted by atomic mass is 9.98. The first-order valence-corrected chi connectivity index (χ1v) is 17.6. The number of rotatable bonds is 4. The van der Waals surface area contributed by atoms with E-state index in [1.807, 2.05) is 11.6 Å². The molecule has 0 aliphatic carbocycles. The van der Waals surface area contributed by atoms with Gasteiger partial charge in [-0.2, -0.15) is 28.2 Å². The zero-order valence-electron chi connectivity index (χ0n) is 27.5. The van der Waals surface area contributed by atoms with Crippen LogP contribution in [0.25, 0.3) is 0 Å². The third kappa shape index (κ3) is 7.20. The molecule has 2 aromatic heterocycles. The predicted molar refractivity (Wildman–Crippen MR) is 182 cm³/mol. The lowest BCUT2D eigenvalue weighted by Gasteiger charge is -2.31. The molecule has 3 N–H and O–H groups in total. The average molecular weight is 723 g/mol. The first kappa shape index (κ1) is 35.3. The van der Waals surface area contributed by atoms with Gasteiger partial charge in [-0.1, -0.05) is 11.6 Å². The van der Waals surface area contributed by atoms with E-state index in [0.717, 1.165) is 54.2 Å². The monoisotopic (exact) mass is 722 g/mol. The number of nitrogen functional groups attached to an aromatic ring is 1. The van der Waals surface area contributed by atoms with Crippen LogP contribution in [0.1, 0.15) is 75.1 Å². The highest BCUT2D eigenvalue weighted by Gasteiger charge is 2.40. The molecule has 49 heavy (non-hydrogen) atoms. The minimum Gasteiger partial charge on any atom is -0.467 e. The van der Waals surface area contributed by atoms with Crippen LogP contribution >= 0.6 is 23.4 Å². The zero-order chi connectivity index (χ0) is 35.0. The summed E-state index contributed by atoms with van der Waals surface area (Å²) >= 11 is 7.39. The van der Waals surface area contributed by atoms with Gasteiger partial charge in [0.15, 0.2) is 5.69 Å². The second-order valence-electron chi connectivity index (χ2n) is 12.7. The summed E-state index contributed by atoms with van der Waals surface area (Å²) in [5, 5.41) is 6.16. The Kier molecular flexibility index (Phi) is 10.3. The van der Waals surface area contributed by atoms with Gasteiger partial charge in [0.05, 0.1) is 42.0 Å². The summed E-state index contributed by atoms with van der Waals surface area (Å²) < 4.78 is 61.2. The number of alkyl halides is 3. The number of methoxy groups -OCH3 is 1. The summed E-state index contributed by atoms with van der Waals surface area (Å²) in [4.78, 5) is 26.0. The van der Waals surface area contributed by atoms with Crippen LogP contribution in [0.2, 0.25) is 5.02 Å². The van der Waals surface area contributed by atoms with Crippen LogP contribution in [0.15, 0.2) is 24.0 Å². The number of thioether (sulfide) groups is 1. The molecule has 3 aromatic rings. The third-order valence-corrected chi connectivity index (χ3v) is 11.1. The fraction of sp³-hybridized carbons (Fsp3) is 0.515. The summed E-state index contributed by atoms with van der Waals surface area (Å²) in [6.07, 6.45) is 0.710. The molecule has 7 rings (SSSR count). The van der Waals surface area contributed by atoms with Crippen molar-refractivity contribution < 1.29 is 27.1 Å². The molecule has 0 saturated carbocycles. The Balaban J connectivity index is 0.000000353. The van der Waals surface area contributed by atoms with Gasteiger partial charge in [-0.15, -0.1) is 11.8 Å². The molecule has 0 bridgehead atoms. The number of carbonyl (C=O) groups is 1. The highest BCUT2D eigenvalue weighted by Crippen LogP contribution is 2.49. The SMILES string of the molecule is CNC(=O)c1nn2c(c1C)CN(c1nc(OC)nc3c1CSC(c1cc(N)cc(Cl)c1C(F)(F)F)C3)CCC2.F/C=C1/CC2CCCN2C1. The fourth-order valence-corrected chi connectivity index (χ4v) is 8.83. The molecular formula is C33H39ClF4N8O2S. The van der Waals surface area contributed by atoms with E-state index in [1.54, 1.807) is 7.05 Å². The Labute approximate surface area is 291 Å². The number of aromatic nitrogens is 4. The average Bonchev–Trinajstić information content (AvgIpc) is 3.71. The zero-order valence-corrected chi connectivity index (χ0v) is 29.1. The molecule has 0 radical (unpaired) electrons. The van der Waals surface area contributed by atoms with Crippen molar-refractivity contribution in [2.75, 3.05) is 44.4 Å². The first-order valence-electron chi connectivity index (χ1n) is 16.2. The smallest absolute Gasteiger partial charge is 0.418 e. The number of hydrogen-bond acceptors (Lipinski definition) is 9. The van der Waals surface area contributed by atoms with Crippen molar-refractivity contribution in [3.05, 3.63) is 68.4 Å². The van der Waals surface area contributed by atoms with Crippen LogP contribution in [0.5, 0.6) is 6.01 Å². The van der Waals surface area contributed by atoms with Crippen molar-refractivity contribution in [1.29, 1.82) is 0 Å². The normalized spacial score (nSPS) is 21.4. The summed E-state index contributed by atoms with van der Waals surface area (Å²) in [6.45, 7) is 5.71. The van der Waals surface area contributed by atoms with Crippen LogP contribution in [0.4, 0.5) is 29.1 Å². The number of nitrogens with one attached hydrogen (secondary N) is 1. The number of nitrogens with two attached hydrogens (primary N) is 1. The molecule has 16 heteroatoms. The number of hydrogen-bond donors (Lipinski definition) is 2. The quantitative estimate of drug-likeness (QED) is 0.238. The minimum absolute atomic E-state index is 0.0401. The van der Waals surface area contributed by atoms with E-state index in [0.29, 0.717) is 48.6 Å². The Morgan fingerprint density at radius 2 is 1.96 bits per heavy atom. The number of fused-ring (bicyclic) bond motifs is 3. The highest BCUT2D eigenvalue weighted by molar-refractivity contribution is 7.98. The van der Waals surface area contributed by atoms with Crippen molar-refractivity contribution in [3.8, 4) is 6.01 Å². The molecule has 10 nitrogen and oxygen atoms in total. The fourth-order valence-electron chi connectivity index (χ4n) is 7.18. The van der Waals surface area contributed by atoms with Gasteiger partial charge >= 0.3 is 12.2 Å². The number of carbonyl (C=O) groups excluding carboxylic acids is 1. The second-order valence-corrected chi connectivity index (χ2v) is 14.3. The van der Waals surface area contributed by atoms with Gasteiger partial charge in [0.25, 0.3) is 5.91 Å². The van der Waals surface area contributed by atoms with Crippen LogP contribution in [-0.2, 0) is 31.4 Å². The number of benzene rings is 1. The summed E-state index contributed by atoms with van der Waals surface area (Å²) in [5.74, 6) is 0.810. The van der Waals surface area contributed by atoms with Gasteiger partial charge in [0.1, 0.15) is 5.82 Å². The molecule has 2 atom stereocenters. The van der Waals surface area contributed by atoms with Crippen molar-refractivity contribution in [3.63, 3.8) is 0 Å². The van der Waals surface area contributed by atoms with Crippen molar-refractivity contribution in [1.82, 2.24) is 30.0 Å². The van der Waals surface area contributed by atoms with Crippen LogP contribution in [0.3, 0.4) is 0 Å². The minimum atomic E-state index is -4.63. The Morgan fingerprint density at radius 3 is 2.65 bits per heavy atom. The van der Waals surface area contributed by atoms with E-state index in [-0.39, 0.29) is 29.6 Å². The summed E-state index contributed by atoms with van der Waals surface area (Å²) in [7, 11) is 3.02. The van der Waals surface area contributed by atoms with Gasteiger partial charge in [0, 0.05) is 67.0 Å². The van der Waals surface area contributed by atoms with E-state index in [2.05, 4.69) is 30.2 Å². The molecule has 2 unspecified atom stereocenters. The molecule has 6 heterocycles. The van der Waals surface area contributed by atoms with E-state index in [9.17, 15) is 22.4 Å². The van der Waals surface area contributed by atoms with E-state index in [4.69, 9.17) is 22.1 Å². The van der Waals surface area contributed by atoms with Gasteiger partial charge in [-0.25, -0.2) is 4.39 Å². The van der Waals surface area contributed by atoms with Gasteiger partial charge in [-0.3, -0.25) is 14.4 Å². The number of anilines is 2. The van der Waals surface area contributed by atoms with Gasteiger partial charge < -0.3 is 20.7 Å².